The Morgan fingerprint density at radius 2 is 2.08 bits per heavy atom. The molecule has 1 aromatic carbocycles. The largest absolute Gasteiger partial charge is 0.325 e. The number of rotatable bonds is 6. The number of nitrogens with one attached hydrogen (secondary N) is 2. The SMILES string of the molecule is CCSc1ccc(NC(=O)CCc2nc3ccccc3c(=O)[nH]2)cn1. The number of aromatic amines is 1. The highest BCUT2D eigenvalue weighted by molar-refractivity contribution is 7.99. The van der Waals surface area contributed by atoms with E-state index in [4.69, 9.17) is 0 Å². The van der Waals surface area contributed by atoms with Gasteiger partial charge in [-0.3, -0.25) is 9.59 Å². The lowest BCUT2D eigenvalue weighted by Gasteiger charge is -2.06. The summed E-state index contributed by atoms with van der Waals surface area (Å²) in [5, 5.41) is 4.28. The molecular weight excluding hydrogens is 336 g/mol. The number of para-hydroxylation sites is 1. The van der Waals surface area contributed by atoms with Crippen molar-refractivity contribution in [1.29, 1.82) is 0 Å². The number of amides is 1. The van der Waals surface area contributed by atoms with Gasteiger partial charge in [-0.2, -0.15) is 0 Å². The minimum absolute atomic E-state index is 0.145. The van der Waals surface area contributed by atoms with Crippen molar-refractivity contribution >= 4 is 34.3 Å². The number of carbonyl (C=O) groups is 1. The summed E-state index contributed by atoms with van der Waals surface area (Å²) in [5.74, 6) is 1.32. The van der Waals surface area contributed by atoms with E-state index in [9.17, 15) is 9.59 Å². The van der Waals surface area contributed by atoms with Crippen molar-refractivity contribution in [3.63, 3.8) is 0 Å². The van der Waals surface area contributed by atoms with Crippen LogP contribution in [0, 0.1) is 0 Å². The Hall–Kier alpha value is -2.67. The van der Waals surface area contributed by atoms with Gasteiger partial charge in [0.15, 0.2) is 0 Å². The second kappa shape index (κ2) is 7.94. The third-order valence-electron chi connectivity index (χ3n) is 3.56. The van der Waals surface area contributed by atoms with Gasteiger partial charge in [-0.25, -0.2) is 9.97 Å². The number of H-pyrrole nitrogens is 1. The summed E-state index contributed by atoms with van der Waals surface area (Å²) in [7, 11) is 0. The van der Waals surface area contributed by atoms with Crippen LogP contribution in [0.1, 0.15) is 19.2 Å². The minimum Gasteiger partial charge on any atom is -0.325 e. The molecule has 0 bridgehead atoms. The molecule has 3 aromatic rings. The lowest BCUT2D eigenvalue weighted by atomic mass is 10.2. The van der Waals surface area contributed by atoms with Crippen molar-refractivity contribution < 1.29 is 4.79 Å². The molecular formula is C18H18N4O2S. The lowest BCUT2D eigenvalue weighted by Crippen LogP contribution is -2.16. The van der Waals surface area contributed by atoms with Crippen LogP contribution in [-0.2, 0) is 11.2 Å². The molecule has 1 amide bonds. The predicted molar refractivity (Wildman–Crippen MR) is 99.9 cm³/mol. The number of aryl methyl sites for hydroxylation is 1. The molecule has 2 heterocycles. The van der Waals surface area contributed by atoms with Crippen molar-refractivity contribution in [1.82, 2.24) is 15.0 Å². The minimum atomic E-state index is -0.186. The van der Waals surface area contributed by atoms with E-state index in [1.807, 2.05) is 18.2 Å². The number of nitrogens with zero attached hydrogens (tertiary/aromatic N) is 2. The van der Waals surface area contributed by atoms with Gasteiger partial charge < -0.3 is 10.3 Å². The maximum absolute atomic E-state index is 12.1. The summed E-state index contributed by atoms with van der Waals surface area (Å²) in [6, 6.07) is 10.9. The molecule has 0 spiro atoms. The molecule has 2 aromatic heterocycles. The summed E-state index contributed by atoms with van der Waals surface area (Å²) in [4.78, 5) is 35.5. The van der Waals surface area contributed by atoms with Crippen molar-refractivity contribution in [2.45, 2.75) is 24.8 Å². The third-order valence-corrected chi connectivity index (χ3v) is 4.39. The number of benzene rings is 1. The number of pyridine rings is 1. The summed E-state index contributed by atoms with van der Waals surface area (Å²) in [5.41, 5.74) is 1.11. The molecule has 0 fully saturated rings. The molecule has 0 saturated heterocycles. The normalized spacial score (nSPS) is 10.8. The average Bonchev–Trinajstić information content (AvgIpc) is 2.62. The molecule has 0 radical (unpaired) electrons. The van der Waals surface area contributed by atoms with Crippen molar-refractivity contribution in [3.05, 3.63) is 58.8 Å². The van der Waals surface area contributed by atoms with Crippen molar-refractivity contribution in [2.24, 2.45) is 0 Å². The molecule has 128 valence electrons. The van der Waals surface area contributed by atoms with Crippen LogP contribution in [0.15, 0.2) is 52.4 Å². The number of hydrogen-bond donors (Lipinski definition) is 2. The quantitative estimate of drug-likeness (QED) is 0.665. The number of carbonyl (C=O) groups excluding carboxylic acids is 1. The van der Waals surface area contributed by atoms with Gasteiger partial charge in [0, 0.05) is 12.8 Å². The third kappa shape index (κ3) is 4.45. The average molecular weight is 354 g/mol. The van der Waals surface area contributed by atoms with Crippen LogP contribution in [0.25, 0.3) is 10.9 Å². The van der Waals surface area contributed by atoms with E-state index in [1.54, 1.807) is 36.2 Å². The molecule has 0 atom stereocenters. The molecule has 3 rings (SSSR count). The predicted octanol–water partition coefficient (Wildman–Crippen LogP) is 3.00. The van der Waals surface area contributed by atoms with Crippen LogP contribution < -0.4 is 10.9 Å². The fourth-order valence-corrected chi connectivity index (χ4v) is 2.98. The second-order valence-corrected chi connectivity index (χ2v) is 6.68. The standard InChI is InChI=1S/C18H18N4O2S/c1-2-25-17-10-7-12(11-19-17)20-16(23)9-8-15-21-14-6-4-3-5-13(14)18(24)22-15/h3-7,10-11H,2,8-9H2,1H3,(H,20,23)(H,21,22,24). The lowest BCUT2D eigenvalue weighted by molar-refractivity contribution is -0.116. The van der Waals surface area contributed by atoms with E-state index >= 15 is 0 Å². The van der Waals surface area contributed by atoms with Gasteiger partial charge >= 0.3 is 0 Å². The first-order valence-electron chi connectivity index (χ1n) is 8.02. The van der Waals surface area contributed by atoms with Crippen LogP contribution in [0.5, 0.6) is 0 Å². The Morgan fingerprint density at radius 3 is 2.84 bits per heavy atom. The number of thioether (sulfide) groups is 1. The van der Waals surface area contributed by atoms with Crippen molar-refractivity contribution in [2.75, 3.05) is 11.1 Å². The van der Waals surface area contributed by atoms with Gasteiger partial charge in [0.1, 0.15) is 5.82 Å². The van der Waals surface area contributed by atoms with Gasteiger partial charge in [0.25, 0.3) is 5.56 Å². The van der Waals surface area contributed by atoms with E-state index in [-0.39, 0.29) is 17.9 Å². The van der Waals surface area contributed by atoms with E-state index in [0.29, 0.717) is 28.8 Å². The van der Waals surface area contributed by atoms with Crippen LogP contribution in [0.3, 0.4) is 0 Å². The Morgan fingerprint density at radius 1 is 1.24 bits per heavy atom. The molecule has 0 unspecified atom stereocenters. The summed E-state index contributed by atoms with van der Waals surface area (Å²) >= 11 is 1.65. The maximum atomic E-state index is 12.1. The van der Waals surface area contributed by atoms with Crippen LogP contribution >= 0.6 is 11.8 Å². The number of anilines is 1. The van der Waals surface area contributed by atoms with Gasteiger partial charge in [-0.15, -0.1) is 11.8 Å². The van der Waals surface area contributed by atoms with Gasteiger partial charge in [0.05, 0.1) is 27.8 Å². The first kappa shape index (κ1) is 17.2. The summed E-state index contributed by atoms with van der Waals surface area (Å²) < 4.78 is 0. The van der Waals surface area contributed by atoms with E-state index in [1.165, 1.54) is 0 Å². The zero-order valence-electron chi connectivity index (χ0n) is 13.8. The van der Waals surface area contributed by atoms with Crippen LogP contribution in [-0.4, -0.2) is 26.6 Å². The second-order valence-electron chi connectivity index (χ2n) is 5.40. The monoisotopic (exact) mass is 354 g/mol. The summed E-state index contributed by atoms with van der Waals surface area (Å²) in [6.45, 7) is 2.06. The number of hydrogen-bond acceptors (Lipinski definition) is 5. The molecule has 2 N–H and O–H groups in total. The van der Waals surface area contributed by atoms with E-state index in [0.717, 1.165) is 10.8 Å². The zero-order chi connectivity index (χ0) is 17.6. The molecule has 0 saturated carbocycles. The fraction of sp³-hybridized carbons (Fsp3) is 0.222. The first-order valence-corrected chi connectivity index (χ1v) is 9.01. The molecule has 25 heavy (non-hydrogen) atoms. The van der Waals surface area contributed by atoms with Gasteiger partial charge in [0.2, 0.25) is 5.91 Å². The smallest absolute Gasteiger partial charge is 0.258 e. The molecule has 7 heteroatoms. The van der Waals surface area contributed by atoms with Crippen LogP contribution in [0.4, 0.5) is 5.69 Å². The van der Waals surface area contributed by atoms with Gasteiger partial charge in [-0.05, 0) is 30.0 Å². The highest BCUT2D eigenvalue weighted by Gasteiger charge is 2.07. The maximum Gasteiger partial charge on any atom is 0.258 e. The van der Waals surface area contributed by atoms with E-state index < -0.39 is 0 Å². The number of fused-ring (bicyclic) bond motifs is 1. The van der Waals surface area contributed by atoms with Gasteiger partial charge in [-0.1, -0.05) is 19.1 Å². The first-order chi connectivity index (χ1) is 12.2. The Labute approximate surface area is 149 Å². The zero-order valence-corrected chi connectivity index (χ0v) is 14.6. The highest BCUT2D eigenvalue weighted by Crippen LogP contribution is 2.16. The molecule has 0 aliphatic rings. The van der Waals surface area contributed by atoms with Crippen LogP contribution in [0.2, 0.25) is 0 Å². The van der Waals surface area contributed by atoms with E-state index in [2.05, 4.69) is 27.2 Å². The fourth-order valence-electron chi connectivity index (χ4n) is 2.40. The molecule has 0 aliphatic heterocycles. The Kier molecular flexibility index (Phi) is 5.45. The Balaban J connectivity index is 1.61. The highest BCUT2D eigenvalue weighted by atomic mass is 32.2. The van der Waals surface area contributed by atoms with Crippen molar-refractivity contribution in [3.8, 4) is 0 Å². The Bertz CT molecular complexity index is 938. The number of aromatic nitrogens is 3. The summed E-state index contributed by atoms with van der Waals surface area (Å²) in [6.07, 6.45) is 2.24. The molecule has 0 aliphatic carbocycles. The topological polar surface area (TPSA) is 87.7 Å². The molecule has 6 nitrogen and oxygen atoms in total.